The van der Waals surface area contributed by atoms with E-state index in [0.29, 0.717) is 5.56 Å². The van der Waals surface area contributed by atoms with Gasteiger partial charge in [-0.05, 0) is 25.8 Å². The molecule has 2 aromatic rings. The average molecular weight is 324 g/mol. The summed E-state index contributed by atoms with van der Waals surface area (Å²) < 4.78 is 0. The van der Waals surface area contributed by atoms with Gasteiger partial charge in [-0.3, -0.25) is 19.3 Å². The molecule has 24 heavy (non-hydrogen) atoms. The number of likely N-dealkylation sites (tertiary alicyclic amines) is 1. The maximum atomic E-state index is 12.8. The van der Waals surface area contributed by atoms with Crippen molar-refractivity contribution in [2.45, 2.75) is 32.6 Å². The first-order valence-corrected chi connectivity index (χ1v) is 8.53. The molecule has 4 rings (SSSR count). The van der Waals surface area contributed by atoms with E-state index < -0.39 is 0 Å². The number of ketones is 1. The summed E-state index contributed by atoms with van der Waals surface area (Å²) in [5.41, 5.74) is 2.25. The van der Waals surface area contributed by atoms with Crippen molar-refractivity contribution in [2.24, 2.45) is 11.8 Å². The highest BCUT2D eigenvalue weighted by molar-refractivity contribution is 6.14. The number of carbonyl (C=O) groups is 3. The van der Waals surface area contributed by atoms with Gasteiger partial charge in [0.15, 0.2) is 5.78 Å². The highest BCUT2D eigenvalue weighted by Crippen LogP contribution is 2.38. The highest BCUT2D eigenvalue weighted by atomic mass is 16.2. The van der Waals surface area contributed by atoms with Crippen LogP contribution >= 0.6 is 0 Å². The number of carbonyl (C=O) groups excluding carboxylic acids is 3. The fourth-order valence-electron chi connectivity index (χ4n) is 4.25. The minimum absolute atomic E-state index is 0.145. The van der Waals surface area contributed by atoms with Gasteiger partial charge in [0.05, 0.1) is 18.4 Å². The SMILES string of the molecule is Cc1[nH]c2ccccc2c1C(=O)CN1C(=O)[C@@H]2CCCC[C@H]2C1=O. The normalized spacial score (nSPS) is 23.8. The lowest BCUT2D eigenvalue weighted by atomic mass is 9.81. The first-order chi connectivity index (χ1) is 11.6. The summed E-state index contributed by atoms with van der Waals surface area (Å²) in [5, 5.41) is 0.844. The van der Waals surface area contributed by atoms with Crippen LogP contribution in [0.25, 0.3) is 10.9 Å². The highest BCUT2D eigenvalue weighted by Gasteiger charge is 2.48. The molecule has 1 aromatic heterocycles. The number of benzene rings is 1. The molecular weight excluding hydrogens is 304 g/mol. The molecule has 2 aliphatic rings. The number of aryl methyl sites for hydroxylation is 1. The molecule has 0 unspecified atom stereocenters. The van der Waals surface area contributed by atoms with Gasteiger partial charge in [0.2, 0.25) is 11.8 Å². The van der Waals surface area contributed by atoms with E-state index in [2.05, 4.69) is 4.98 Å². The van der Waals surface area contributed by atoms with Crippen LogP contribution in [0.2, 0.25) is 0 Å². The van der Waals surface area contributed by atoms with Crippen LogP contribution in [-0.2, 0) is 9.59 Å². The van der Waals surface area contributed by atoms with Crippen LogP contribution in [0.15, 0.2) is 24.3 Å². The van der Waals surface area contributed by atoms with Gasteiger partial charge in [-0.15, -0.1) is 0 Å². The zero-order chi connectivity index (χ0) is 16.8. The van der Waals surface area contributed by atoms with Crippen LogP contribution in [0.3, 0.4) is 0 Å². The van der Waals surface area contributed by atoms with Gasteiger partial charge < -0.3 is 4.98 Å². The molecule has 0 bridgehead atoms. The number of aromatic nitrogens is 1. The van der Waals surface area contributed by atoms with Gasteiger partial charge >= 0.3 is 0 Å². The van der Waals surface area contributed by atoms with Crippen molar-refractivity contribution >= 4 is 28.5 Å². The molecular formula is C19H20N2O3. The van der Waals surface area contributed by atoms with Gasteiger partial charge in [0, 0.05) is 22.2 Å². The van der Waals surface area contributed by atoms with Crippen LogP contribution in [0.5, 0.6) is 0 Å². The molecule has 2 heterocycles. The van der Waals surface area contributed by atoms with Crippen molar-refractivity contribution in [1.29, 1.82) is 0 Å². The second-order valence-corrected chi connectivity index (χ2v) is 6.85. The van der Waals surface area contributed by atoms with E-state index in [1.165, 1.54) is 4.90 Å². The van der Waals surface area contributed by atoms with Gasteiger partial charge in [0.1, 0.15) is 0 Å². The van der Waals surface area contributed by atoms with Gasteiger partial charge in [0.25, 0.3) is 0 Å². The second-order valence-electron chi connectivity index (χ2n) is 6.85. The third-order valence-corrected chi connectivity index (χ3v) is 5.41. The molecule has 0 spiro atoms. The molecule has 1 N–H and O–H groups in total. The standard InChI is InChI=1S/C19H20N2O3/c1-11-17(14-8-4-5-9-15(14)20-11)16(22)10-21-18(23)12-6-2-3-7-13(12)19(21)24/h4-5,8-9,12-13,20H,2-3,6-7,10H2,1H3/t12-,13-/m1/s1. The molecule has 1 aromatic carbocycles. The van der Waals surface area contributed by atoms with E-state index in [0.717, 1.165) is 42.3 Å². The Kier molecular flexibility index (Phi) is 3.52. The minimum Gasteiger partial charge on any atom is -0.358 e. The maximum Gasteiger partial charge on any atom is 0.233 e. The summed E-state index contributed by atoms with van der Waals surface area (Å²) in [5.74, 6) is -0.900. The zero-order valence-corrected chi connectivity index (χ0v) is 13.7. The lowest BCUT2D eigenvalue weighted by molar-refractivity contribution is -0.139. The monoisotopic (exact) mass is 324 g/mol. The summed E-state index contributed by atoms with van der Waals surface area (Å²) in [6, 6.07) is 7.59. The molecule has 5 heteroatoms. The summed E-state index contributed by atoms with van der Waals surface area (Å²) in [7, 11) is 0. The van der Waals surface area contributed by atoms with E-state index >= 15 is 0 Å². The first-order valence-electron chi connectivity index (χ1n) is 8.53. The van der Waals surface area contributed by atoms with E-state index in [1.807, 2.05) is 31.2 Å². The van der Waals surface area contributed by atoms with Crippen LogP contribution in [0, 0.1) is 18.8 Å². The van der Waals surface area contributed by atoms with Crippen molar-refractivity contribution in [1.82, 2.24) is 9.88 Å². The van der Waals surface area contributed by atoms with Crippen molar-refractivity contribution in [3.05, 3.63) is 35.5 Å². The fourth-order valence-corrected chi connectivity index (χ4v) is 4.25. The predicted octanol–water partition coefficient (Wildman–Crippen LogP) is 2.83. The number of hydrogen-bond donors (Lipinski definition) is 1. The van der Waals surface area contributed by atoms with Crippen LogP contribution < -0.4 is 0 Å². The van der Waals surface area contributed by atoms with Crippen molar-refractivity contribution in [3.8, 4) is 0 Å². The maximum absolute atomic E-state index is 12.8. The molecule has 2 amide bonds. The number of nitrogens with zero attached hydrogens (tertiary/aromatic N) is 1. The molecule has 2 atom stereocenters. The molecule has 1 aliphatic carbocycles. The van der Waals surface area contributed by atoms with E-state index in [9.17, 15) is 14.4 Å². The third-order valence-electron chi connectivity index (χ3n) is 5.41. The average Bonchev–Trinajstić information content (AvgIpc) is 3.04. The minimum atomic E-state index is -0.205. The third kappa shape index (κ3) is 2.19. The Bertz CT molecular complexity index is 827. The Labute approximate surface area is 140 Å². The van der Waals surface area contributed by atoms with Crippen molar-refractivity contribution < 1.29 is 14.4 Å². The molecule has 2 fully saturated rings. The topological polar surface area (TPSA) is 70.2 Å². The number of rotatable bonds is 3. The number of fused-ring (bicyclic) bond motifs is 2. The largest absolute Gasteiger partial charge is 0.358 e. The van der Waals surface area contributed by atoms with Crippen LogP contribution in [0.1, 0.15) is 41.7 Å². The van der Waals surface area contributed by atoms with E-state index in [-0.39, 0.29) is 36.0 Å². The zero-order valence-electron chi connectivity index (χ0n) is 13.7. The first kappa shape index (κ1) is 15.1. The Hall–Kier alpha value is -2.43. The van der Waals surface area contributed by atoms with E-state index in [1.54, 1.807) is 0 Å². The Balaban J connectivity index is 1.63. The molecule has 5 nitrogen and oxygen atoms in total. The lowest BCUT2D eigenvalue weighted by Crippen LogP contribution is -2.36. The summed E-state index contributed by atoms with van der Waals surface area (Å²) in [6.07, 6.45) is 3.52. The summed E-state index contributed by atoms with van der Waals surface area (Å²) in [4.78, 5) is 42.3. The van der Waals surface area contributed by atoms with Gasteiger partial charge in [-0.25, -0.2) is 0 Å². The predicted molar refractivity (Wildman–Crippen MR) is 89.5 cm³/mol. The van der Waals surface area contributed by atoms with Gasteiger partial charge in [-0.2, -0.15) is 0 Å². The molecule has 1 saturated heterocycles. The summed E-state index contributed by atoms with van der Waals surface area (Å²) in [6.45, 7) is 1.70. The number of H-pyrrole nitrogens is 1. The molecule has 1 saturated carbocycles. The number of aromatic amines is 1. The van der Waals surface area contributed by atoms with Gasteiger partial charge in [-0.1, -0.05) is 31.0 Å². The Morgan fingerprint density at radius 3 is 2.42 bits per heavy atom. The summed E-state index contributed by atoms with van der Waals surface area (Å²) >= 11 is 0. The van der Waals surface area contributed by atoms with Crippen LogP contribution in [-0.4, -0.2) is 34.0 Å². The smallest absolute Gasteiger partial charge is 0.233 e. The number of amides is 2. The Morgan fingerprint density at radius 2 is 1.75 bits per heavy atom. The van der Waals surface area contributed by atoms with Crippen molar-refractivity contribution in [3.63, 3.8) is 0 Å². The quantitative estimate of drug-likeness (QED) is 0.697. The number of nitrogens with one attached hydrogen (secondary N) is 1. The fraction of sp³-hybridized carbons (Fsp3) is 0.421. The van der Waals surface area contributed by atoms with E-state index in [4.69, 9.17) is 0 Å². The number of Topliss-reactive ketones (excluding diaryl/α,β-unsaturated/α-hetero) is 1. The lowest BCUT2D eigenvalue weighted by Gasteiger charge is -2.19. The number of para-hydroxylation sites is 1. The number of imide groups is 1. The van der Waals surface area contributed by atoms with Crippen LogP contribution in [0.4, 0.5) is 0 Å². The second kappa shape index (κ2) is 5.58. The molecule has 124 valence electrons. The number of hydrogen-bond acceptors (Lipinski definition) is 3. The molecule has 1 aliphatic heterocycles. The van der Waals surface area contributed by atoms with Crippen molar-refractivity contribution in [2.75, 3.05) is 6.54 Å². The Morgan fingerprint density at radius 1 is 1.12 bits per heavy atom. The molecule has 0 radical (unpaired) electrons.